The van der Waals surface area contributed by atoms with E-state index in [1.54, 1.807) is 12.1 Å². The van der Waals surface area contributed by atoms with Crippen LogP contribution in [0.15, 0.2) is 18.3 Å². The number of hydrogen-bond acceptors (Lipinski definition) is 2. The van der Waals surface area contributed by atoms with Gasteiger partial charge in [0.05, 0.1) is 0 Å². The van der Waals surface area contributed by atoms with Crippen LogP contribution in [0.3, 0.4) is 0 Å². The van der Waals surface area contributed by atoms with Crippen molar-refractivity contribution in [3.05, 3.63) is 29.6 Å². The van der Waals surface area contributed by atoms with Gasteiger partial charge in [0, 0.05) is 6.20 Å². The maximum atomic E-state index is 12.2. The normalized spacial score (nSPS) is 10.7. The first kappa shape index (κ1) is 9.06. The zero-order chi connectivity index (χ0) is 8.97. The van der Waals surface area contributed by atoms with Crippen LogP contribution in [-0.2, 0) is 6.42 Å². The molecule has 0 atom stereocenters. The molecule has 0 spiro atoms. The molecule has 0 amide bonds. The molecule has 1 rings (SSSR count). The zero-order valence-corrected chi connectivity index (χ0v) is 6.50. The summed E-state index contributed by atoms with van der Waals surface area (Å²) in [5.41, 5.74) is 5.64. The summed E-state index contributed by atoms with van der Waals surface area (Å²) in [7, 11) is 0. The van der Waals surface area contributed by atoms with Crippen LogP contribution in [0.4, 0.5) is 8.78 Å². The topological polar surface area (TPSA) is 38.9 Å². The highest BCUT2D eigenvalue weighted by atomic mass is 19.3. The molecule has 0 bridgehead atoms. The van der Waals surface area contributed by atoms with Crippen molar-refractivity contribution in [2.45, 2.75) is 12.8 Å². The van der Waals surface area contributed by atoms with E-state index in [1.165, 1.54) is 6.20 Å². The summed E-state index contributed by atoms with van der Waals surface area (Å²) in [6, 6.07) is 3.26. The van der Waals surface area contributed by atoms with Crippen LogP contribution in [0, 0.1) is 0 Å². The molecule has 0 aromatic carbocycles. The van der Waals surface area contributed by atoms with Gasteiger partial charge in [0.25, 0.3) is 6.43 Å². The van der Waals surface area contributed by atoms with Crippen molar-refractivity contribution in [3.63, 3.8) is 0 Å². The highest BCUT2D eigenvalue weighted by molar-refractivity contribution is 5.20. The van der Waals surface area contributed by atoms with Crippen LogP contribution in [0.2, 0.25) is 0 Å². The van der Waals surface area contributed by atoms with Gasteiger partial charge < -0.3 is 5.73 Å². The fourth-order valence-electron chi connectivity index (χ4n) is 1.01. The molecule has 0 saturated heterocycles. The van der Waals surface area contributed by atoms with Gasteiger partial charge in [0.15, 0.2) is 0 Å². The zero-order valence-electron chi connectivity index (χ0n) is 6.50. The predicted molar refractivity (Wildman–Crippen MR) is 42.0 cm³/mol. The third-order valence-corrected chi connectivity index (χ3v) is 1.55. The minimum absolute atomic E-state index is 0.150. The fourth-order valence-corrected chi connectivity index (χ4v) is 1.01. The Morgan fingerprint density at radius 1 is 1.50 bits per heavy atom. The van der Waals surface area contributed by atoms with E-state index in [9.17, 15) is 8.78 Å². The monoisotopic (exact) mass is 172 g/mol. The predicted octanol–water partition coefficient (Wildman–Crippen LogP) is 1.52. The van der Waals surface area contributed by atoms with Crippen LogP contribution in [0.5, 0.6) is 0 Å². The van der Waals surface area contributed by atoms with Crippen molar-refractivity contribution in [2.75, 3.05) is 6.54 Å². The van der Waals surface area contributed by atoms with E-state index >= 15 is 0 Å². The number of nitrogens with zero attached hydrogens (tertiary/aromatic N) is 1. The maximum Gasteiger partial charge on any atom is 0.280 e. The lowest BCUT2D eigenvalue weighted by atomic mass is 10.1. The molecule has 1 aromatic rings. The smallest absolute Gasteiger partial charge is 0.280 e. The third-order valence-electron chi connectivity index (χ3n) is 1.55. The molecule has 0 radical (unpaired) electrons. The van der Waals surface area contributed by atoms with Crippen LogP contribution in [0.25, 0.3) is 0 Å². The second-order valence-corrected chi connectivity index (χ2v) is 2.39. The number of hydrogen-bond donors (Lipinski definition) is 1. The van der Waals surface area contributed by atoms with Crippen LogP contribution >= 0.6 is 0 Å². The first-order valence-electron chi connectivity index (χ1n) is 3.67. The Morgan fingerprint density at radius 2 is 2.25 bits per heavy atom. The first-order valence-corrected chi connectivity index (χ1v) is 3.67. The summed E-state index contributed by atoms with van der Waals surface area (Å²) < 4.78 is 24.5. The Kier molecular flexibility index (Phi) is 3.10. The van der Waals surface area contributed by atoms with E-state index < -0.39 is 6.43 Å². The molecule has 1 aromatic heterocycles. The summed E-state index contributed by atoms with van der Waals surface area (Å²) in [6.45, 7) is 0.366. The summed E-state index contributed by atoms with van der Waals surface area (Å²) in [6.07, 6.45) is -0.692. The average Bonchev–Trinajstić information content (AvgIpc) is 2.05. The van der Waals surface area contributed by atoms with Gasteiger partial charge in [-0.25, -0.2) is 8.78 Å². The Balaban J connectivity index is 2.92. The molecule has 2 nitrogen and oxygen atoms in total. The summed E-state index contributed by atoms with van der Waals surface area (Å²) >= 11 is 0. The van der Waals surface area contributed by atoms with E-state index in [0.717, 1.165) is 0 Å². The molecule has 66 valence electrons. The number of halogens is 2. The van der Waals surface area contributed by atoms with E-state index in [2.05, 4.69) is 4.98 Å². The van der Waals surface area contributed by atoms with E-state index in [0.29, 0.717) is 18.5 Å². The van der Waals surface area contributed by atoms with Crippen LogP contribution in [0.1, 0.15) is 17.7 Å². The van der Waals surface area contributed by atoms with Gasteiger partial charge in [-0.2, -0.15) is 0 Å². The lowest BCUT2D eigenvalue weighted by molar-refractivity contribution is 0.145. The molecule has 0 aliphatic heterocycles. The van der Waals surface area contributed by atoms with Crippen molar-refractivity contribution in [1.82, 2.24) is 4.98 Å². The lowest BCUT2D eigenvalue weighted by Gasteiger charge is -2.04. The highest BCUT2D eigenvalue weighted by Gasteiger charge is 2.12. The van der Waals surface area contributed by atoms with Crippen molar-refractivity contribution in [1.29, 1.82) is 0 Å². The van der Waals surface area contributed by atoms with Crippen LogP contribution < -0.4 is 5.73 Å². The first-order chi connectivity index (χ1) is 5.75. The number of nitrogens with two attached hydrogens (primary N) is 1. The lowest BCUT2D eigenvalue weighted by Crippen LogP contribution is -2.06. The Labute approximate surface area is 69.4 Å². The van der Waals surface area contributed by atoms with Crippen molar-refractivity contribution in [3.8, 4) is 0 Å². The summed E-state index contributed by atoms with van der Waals surface area (Å²) in [4.78, 5) is 3.59. The van der Waals surface area contributed by atoms with Crippen molar-refractivity contribution < 1.29 is 8.78 Å². The minimum atomic E-state index is -2.51. The molecular weight excluding hydrogens is 162 g/mol. The van der Waals surface area contributed by atoms with Gasteiger partial charge in [-0.15, -0.1) is 0 Å². The standard InChI is InChI=1S/C8H10F2N2/c9-8(10)7-6(3-4-11)2-1-5-12-7/h1-2,5,8H,3-4,11H2. The average molecular weight is 172 g/mol. The van der Waals surface area contributed by atoms with Crippen LogP contribution in [-0.4, -0.2) is 11.5 Å². The SMILES string of the molecule is NCCc1cccnc1C(F)F. The van der Waals surface area contributed by atoms with Crippen molar-refractivity contribution in [2.24, 2.45) is 5.73 Å². The van der Waals surface area contributed by atoms with Gasteiger partial charge in [-0.05, 0) is 24.6 Å². The van der Waals surface area contributed by atoms with E-state index in [4.69, 9.17) is 5.73 Å². The molecule has 4 heteroatoms. The molecule has 0 aliphatic rings. The van der Waals surface area contributed by atoms with Gasteiger partial charge in [-0.3, -0.25) is 4.98 Å². The fraction of sp³-hybridized carbons (Fsp3) is 0.375. The molecular formula is C8H10F2N2. The van der Waals surface area contributed by atoms with E-state index in [-0.39, 0.29) is 5.69 Å². The van der Waals surface area contributed by atoms with Gasteiger partial charge in [-0.1, -0.05) is 6.07 Å². The Morgan fingerprint density at radius 3 is 2.83 bits per heavy atom. The molecule has 0 unspecified atom stereocenters. The largest absolute Gasteiger partial charge is 0.330 e. The number of rotatable bonds is 3. The van der Waals surface area contributed by atoms with E-state index in [1.807, 2.05) is 0 Å². The second-order valence-electron chi connectivity index (χ2n) is 2.39. The second kappa shape index (κ2) is 4.11. The number of alkyl halides is 2. The van der Waals surface area contributed by atoms with Gasteiger partial charge >= 0.3 is 0 Å². The quantitative estimate of drug-likeness (QED) is 0.750. The third kappa shape index (κ3) is 1.98. The molecule has 0 fully saturated rings. The molecule has 1 heterocycles. The van der Waals surface area contributed by atoms with Gasteiger partial charge in [0.1, 0.15) is 5.69 Å². The minimum Gasteiger partial charge on any atom is -0.330 e. The Bertz CT molecular complexity index is 251. The summed E-state index contributed by atoms with van der Waals surface area (Å²) in [5.74, 6) is 0. The molecule has 0 aliphatic carbocycles. The molecule has 2 N–H and O–H groups in total. The maximum absolute atomic E-state index is 12.2. The molecule has 0 saturated carbocycles. The summed E-state index contributed by atoms with van der Waals surface area (Å²) in [5, 5.41) is 0. The highest BCUT2D eigenvalue weighted by Crippen LogP contribution is 2.19. The van der Waals surface area contributed by atoms with Crippen molar-refractivity contribution >= 4 is 0 Å². The Hall–Kier alpha value is -1.03. The van der Waals surface area contributed by atoms with Gasteiger partial charge in [0.2, 0.25) is 0 Å². The molecule has 12 heavy (non-hydrogen) atoms. The number of aromatic nitrogens is 1. The number of pyridine rings is 1.